The minimum absolute atomic E-state index is 0.541. The molecule has 0 saturated carbocycles. The van der Waals surface area contributed by atoms with E-state index < -0.39 is 11.7 Å². The van der Waals surface area contributed by atoms with Crippen LogP contribution in [0.25, 0.3) is 0 Å². The van der Waals surface area contributed by atoms with E-state index in [1.807, 2.05) is 0 Å². The SMILES string of the molecule is CC(C=O)(OC(N)=O)c1cccc(Br)c1. The molecule has 1 amide bonds. The van der Waals surface area contributed by atoms with Gasteiger partial charge in [-0.2, -0.15) is 0 Å². The normalized spacial score (nSPS) is 14.0. The molecule has 0 spiro atoms. The summed E-state index contributed by atoms with van der Waals surface area (Å²) < 4.78 is 5.57. The fourth-order valence-corrected chi connectivity index (χ4v) is 1.56. The summed E-state index contributed by atoms with van der Waals surface area (Å²) in [5.41, 5.74) is 4.12. The van der Waals surface area contributed by atoms with Crippen LogP contribution in [0.3, 0.4) is 0 Å². The third-order valence-corrected chi connectivity index (χ3v) is 2.43. The van der Waals surface area contributed by atoms with Crippen LogP contribution in [0.5, 0.6) is 0 Å². The van der Waals surface area contributed by atoms with Crippen molar-refractivity contribution in [1.82, 2.24) is 0 Å². The van der Waals surface area contributed by atoms with Gasteiger partial charge in [-0.25, -0.2) is 4.79 Å². The topological polar surface area (TPSA) is 69.4 Å². The number of halogens is 1. The fourth-order valence-electron chi connectivity index (χ4n) is 1.16. The van der Waals surface area contributed by atoms with Gasteiger partial charge in [-0.05, 0) is 19.1 Å². The predicted octanol–water partition coefficient (Wildman–Crippen LogP) is 1.96. The number of ether oxygens (including phenoxy) is 1. The molecule has 1 aromatic rings. The van der Waals surface area contributed by atoms with E-state index in [1.165, 1.54) is 6.92 Å². The van der Waals surface area contributed by atoms with Crippen molar-refractivity contribution in [1.29, 1.82) is 0 Å². The van der Waals surface area contributed by atoms with Crippen LogP contribution in [0, 0.1) is 0 Å². The van der Waals surface area contributed by atoms with Gasteiger partial charge >= 0.3 is 6.09 Å². The molecule has 1 atom stereocenters. The Labute approximate surface area is 95.5 Å². The summed E-state index contributed by atoms with van der Waals surface area (Å²) in [6, 6.07) is 6.92. The first kappa shape index (κ1) is 11.7. The van der Waals surface area contributed by atoms with Gasteiger partial charge in [0.15, 0.2) is 11.9 Å². The van der Waals surface area contributed by atoms with Crippen molar-refractivity contribution in [2.75, 3.05) is 0 Å². The molecule has 0 saturated heterocycles. The number of hydrogen-bond acceptors (Lipinski definition) is 3. The van der Waals surface area contributed by atoms with Gasteiger partial charge < -0.3 is 10.5 Å². The minimum atomic E-state index is -1.34. The second-order valence-electron chi connectivity index (χ2n) is 3.16. The molecule has 0 aliphatic carbocycles. The Bertz CT molecular complexity index is 394. The highest BCUT2D eigenvalue weighted by Crippen LogP contribution is 2.25. The first-order valence-electron chi connectivity index (χ1n) is 4.19. The number of nitrogens with two attached hydrogens (primary N) is 1. The summed E-state index contributed by atoms with van der Waals surface area (Å²) in [5, 5.41) is 0. The maximum absolute atomic E-state index is 10.9. The minimum Gasteiger partial charge on any atom is -0.431 e. The van der Waals surface area contributed by atoms with Gasteiger partial charge in [0.25, 0.3) is 0 Å². The number of carbonyl (C=O) groups excluding carboxylic acids is 2. The van der Waals surface area contributed by atoms with Crippen molar-refractivity contribution < 1.29 is 14.3 Å². The average Bonchev–Trinajstić information content (AvgIpc) is 2.16. The van der Waals surface area contributed by atoms with Gasteiger partial charge in [-0.1, -0.05) is 28.1 Å². The molecule has 1 unspecified atom stereocenters. The molecular weight excluding hydrogens is 262 g/mol. The van der Waals surface area contributed by atoms with E-state index in [2.05, 4.69) is 15.9 Å². The van der Waals surface area contributed by atoms with E-state index in [0.717, 1.165) is 4.47 Å². The highest BCUT2D eigenvalue weighted by molar-refractivity contribution is 9.10. The summed E-state index contributed by atoms with van der Waals surface area (Å²) in [6.07, 6.45) is -0.441. The number of hydrogen-bond donors (Lipinski definition) is 1. The zero-order valence-corrected chi connectivity index (χ0v) is 9.65. The molecular formula is C10H10BrNO3. The molecule has 0 fully saturated rings. The Morgan fingerprint density at radius 2 is 2.27 bits per heavy atom. The summed E-state index contributed by atoms with van der Waals surface area (Å²) in [7, 11) is 0. The van der Waals surface area contributed by atoms with Crippen molar-refractivity contribution in [3.05, 3.63) is 34.3 Å². The Balaban J connectivity index is 3.10. The Hall–Kier alpha value is -1.36. The van der Waals surface area contributed by atoms with Gasteiger partial charge in [0.1, 0.15) is 0 Å². The Kier molecular flexibility index (Phi) is 3.47. The Morgan fingerprint density at radius 3 is 2.73 bits per heavy atom. The van der Waals surface area contributed by atoms with Gasteiger partial charge in [0.05, 0.1) is 0 Å². The highest BCUT2D eigenvalue weighted by Gasteiger charge is 2.30. The maximum Gasteiger partial charge on any atom is 0.405 e. The lowest BCUT2D eigenvalue weighted by Crippen LogP contribution is -2.33. The second kappa shape index (κ2) is 4.44. The van der Waals surface area contributed by atoms with Crippen molar-refractivity contribution in [3.63, 3.8) is 0 Å². The number of benzene rings is 1. The molecule has 4 nitrogen and oxygen atoms in total. The van der Waals surface area contributed by atoms with Crippen LogP contribution < -0.4 is 5.73 Å². The number of rotatable bonds is 3. The second-order valence-corrected chi connectivity index (χ2v) is 4.07. The lowest BCUT2D eigenvalue weighted by atomic mass is 9.98. The van der Waals surface area contributed by atoms with Gasteiger partial charge in [0, 0.05) is 10.0 Å². The molecule has 0 radical (unpaired) electrons. The van der Waals surface area contributed by atoms with Crippen molar-refractivity contribution in [3.8, 4) is 0 Å². The number of carbonyl (C=O) groups is 2. The first-order valence-corrected chi connectivity index (χ1v) is 4.98. The highest BCUT2D eigenvalue weighted by atomic mass is 79.9. The molecule has 0 bridgehead atoms. The van der Waals surface area contributed by atoms with Crippen molar-refractivity contribution in [2.45, 2.75) is 12.5 Å². The summed E-state index contributed by atoms with van der Waals surface area (Å²) >= 11 is 3.26. The zero-order valence-electron chi connectivity index (χ0n) is 8.07. The molecule has 0 aliphatic rings. The third-order valence-electron chi connectivity index (χ3n) is 1.94. The molecule has 0 heterocycles. The van der Waals surface area contributed by atoms with E-state index in [-0.39, 0.29) is 0 Å². The van der Waals surface area contributed by atoms with Crippen LogP contribution in [0.15, 0.2) is 28.7 Å². The lowest BCUT2D eigenvalue weighted by molar-refractivity contribution is -0.123. The van der Waals surface area contributed by atoms with Crippen molar-refractivity contribution >= 4 is 28.3 Å². The van der Waals surface area contributed by atoms with Crippen LogP contribution in [-0.4, -0.2) is 12.4 Å². The quantitative estimate of drug-likeness (QED) is 0.855. The van der Waals surface area contributed by atoms with E-state index in [9.17, 15) is 9.59 Å². The van der Waals surface area contributed by atoms with Crippen LogP contribution >= 0.6 is 15.9 Å². The van der Waals surface area contributed by atoms with Crippen LogP contribution in [0.4, 0.5) is 4.79 Å². The molecule has 0 aliphatic heterocycles. The third kappa shape index (κ3) is 2.79. The monoisotopic (exact) mass is 271 g/mol. The van der Waals surface area contributed by atoms with Crippen molar-refractivity contribution in [2.24, 2.45) is 5.73 Å². The molecule has 80 valence electrons. The Morgan fingerprint density at radius 1 is 1.60 bits per heavy atom. The van der Waals surface area contributed by atoms with E-state index >= 15 is 0 Å². The molecule has 5 heteroatoms. The van der Waals surface area contributed by atoms with Gasteiger partial charge in [-0.15, -0.1) is 0 Å². The smallest absolute Gasteiger partial charge is 0.405 e. The molecule has 15 heavy (non-hydrogen) atoms. The average molecular weight is 272 g/mol. The lowest BCUT2D eigenvalue weighted by Gasteiger charge is -2.22. The molecule has 2 N–H and O–H groups in total. The predicted molar refractivity (Wildman–Crippen MR) is 58.2 cm³/mol. The summed E-state index contributed by atoms with van der Waals surface area (Å²) in [5.74, 6) is 0. The number of primary amides is 1. The number of aldehydes is 1. The zero-order chi connectivity index (χ0) is 11.5. The van der Waals surface area contributed by atoms with E-state index in [1.54, 1.807) is 24.3 Å². The summed E-state index contributed by atoms with van der Waals surface area (Å²) in [6.45, 7) is 1.48. The van der Waals surface area contributed by atoms with Crippen LogP contribution in [0.2, 0.25) is 0 Å². The van der Waals surface area contributed by atoms with E-state index in [4.69, 9.17) is 10.5 Å². The van der Waals surface area contributed by atoms with Gasteiger partial charge in [-0.3, -0.25) is 4.79 Å². The number of amides is 1. The van der Waals surface area contributed by atoms with Crippen LogP contribution in [0.1, 0.15) is 12.5 Å². The van der Waals surface area contributed by atoms with Gasteiger partial charge in [0.2, 0.25) is 0 Å². The largest absolute Gasteiger partial charge is 0.431 e. The summed E-state index contributed by atoms with van der Waals surface area (Å²) in [4.78, 5) is 21.6. The molecule has 1 aromatic carbocycles. The fraction of sp³-hybridized carbons (Fsp3) is 0.200. The van der Waals surface area contributed by atoms with E-state index in [0.29, 0.717) is 11.8 Å². The van der Waals surface area contributed by atoms with Crippen LogP contribution in [-0.2, 0) is 15.1 Å². The standard InChI is InChI=1S/C10H10BrNO3/c1-10(6-13,15-9(12)14)7-3-2-4-8(11)5-7/h2-6H,1H3,(H2,12,14). The molecule has 1 rings (SSSR count). The first-order chi connectivity index (χ1) is 6.98. The molecule has 0 aromatic heterocycles. The maximum atomic E-state index is 10.9.